The van der Waals surface area contributed by atoms with Crippen molar-refractivity contribution < 1.29 is 19.1 Å². The van der Waals surface area contributed by atoms with E-state index in [1.165, 1.54) is 6.21 Å². The van der Waals surface area contributed by atoms with Crippen molar-refractivity contribution in [3.8, 4) is 5.75 Å². The Morgan fingerprint density at radius 1 is 1.17 bits per heavy atom. The predicted molar refractivity (Wildman–Crippen MR) is 115 cm³/mol. The van der Waals surface area contributed by atoms with Crippen LogP contribution < -0.4 is 15.5 Å². The van der Waals surface area contributed by atoms with Gasteiger partial charge in [-0.25, -0.2) is 5.43 Å². The van der Waals surface area contributed by atoms with E-state index in [0.717, 1.165) is 18.4 Å². The van der Waals surface area contributed by atoms with Crippen molar-refractivity contribution in [3.05, 3.63) is 63.6 Å². The monoisotopic (exact) mass is 449 g/mol. The fraction of sp³-hybridized carbons (Fsp3) is 0.286. The molecule has 1 aliphatic heterocycles. The van der Waals surface area contributed by atoms with Gasteiger partial charge in [-0.15, -0.1) is 0 Å². The maximum absolute atomic E-state index is 11.8. The normalized spacial score (nSPS) is 15.9. The van der Waals surface area contributed by atoms with Crippen LogP contribution in [0.5, 0.6) is 5.75 Å². The number of carbonyl (C=O) groups is 2. The minimum absolute atomic E-state index is 0.0307. The van der Waals surface area contributed by atoms with Crippen LogP contribution >= 0.6 is 23.2 Å². The first-order valence-corrected chi connectivity index (χ1v) is 10.2. The van der Waals surface area contributed by atoms with E-state index in [1.54, 1.807) is 36.4 Å². The summed E-state index contributed by atoms with van der Waals surface area (Å²) in [6, 6.07) is 12.4. The maximum atomic E-state index is 11.8. The molecule has 0 aromatic heterocycles. The molecule has 1 saturated heterocycles. The van der Waals surface area contributed by atoms with Gasteiger partial charge in [0, 0.05) is 13.2 Å². The molecule has 1 atom stereocenters. The number of nitrogens with zero attached hydrogens (tertiary/aromatic N) is 1. The third-order valence-corrected chi connectivity index (χ3v) is 5.09. The van der Waals surface area contributed by atoms with Gasteiger partial charge in [-0.05, 0) is 48.2 Å². The summed E-state index contributed by atoms with van der Waals surface area (Å²) in [5.41, 5.74) is 3.78. The fourth-order valence-electron chi connectivity index (χ4n) is 2.79. The standard InChI is InChI=1S/C21H21Cl2N3O4/c22-18-7-6-15(10-19(18)23)13-30-16-4-1-3-14(9-16)11-25-26-21(28)20(27)24-12-17-5-2-8-29-17/h1,3-4,6-7,9-11,17H,2,5,8,12-13H2,(H,24,27)(H,26,28)/b25-11-/t17-/m1/s1. The molecule has 1 heterocycles. The van der Waals surface area contributed by atoms with Gasteiger partial charge in [-0.2, -0.15) is 5.10 Å². The highest BCUT2D eigenvalue weighted by Gasteiger charge is 2.18. The average molecular weight is 450 g/mol. The SMILES string of the molecule is O=C(NC[C@H]1CCCO1)C(=O)N/N=C\c1cccc(OCc2ccc(Cl)c(Cl)c2)c1. The van der Waals surface area contributed by atoms with Gasteiger partial charge in [0.2, 0.25) is 0 Å². The van der Waals surface area contributed by atoms with Crippen molar-refractivity contribution in [2.75, 3.05) is 13.2 Å². The molecule has 1 fully saturated rings. The van der Waals surface area contributed by atoms with E-state index < -0.39 is 11.8 Å². The molecule has 0 radical (unpaired) electrons. The summed E-state index contributed by atoms with van der Waals surface area (Å²) in [4.78, 5) is 23.6. The second-order valence-corrected chi connectivity index (χ2v) is 7.47. The molecular weight excluding hydrogens is 429 g/mol. The summed E-state index contributed by atoms with van der Waals surface area (Å²) in [5, 5.41) is 7.31. The molecule has 0 aliphatic carbocycles. The summed E-state index contributed by atoms with van der Waals surface area (Å²) in [5.74, 6) is -0.969. The number of amides is 2. The molecule has 2 aromatic rings. The highest BCUT2D eigenvalue weighted by molar-refractivity contribution is 6.42. The second kappa shape index (κ2) is 11.0. The topological polar surface area (TPSA) is 89.0 Å². The molecule has 7 nitrogen and oxygen atoms in total. The molecule has 3 rings (SSSR count). The number of benzene rings is 2. The first kappa shape index (κ1) is 22.1. The lowest BCUT2D eigenvalue weighted by Crippen LogP contribution is -2.41. The van der Waals surface area contributed by atoms with Crippen molar-refractivity contribution in [2.45, 2.75) is 25.6 Å². The maximum Gasteiger partial charge on any atom is 0.329 e. The number of rotatable bonds is 7. The molecule has 9 heteroatoms. The van der Waals surface area contributed by atoms with Crippen LogP contribution in [0.15, 0.2) is 47.6 Å². The molecule has 30 heavy (non-hydrogen) atoms. The Bertz CT molecular complexity index is 930. The molecule has 2 N–H and O–H groups in total. The van der Waals surface area contributed by atoms with E-state index in [-0.39, 0.29) is 6.10 Å². The van der Waals surface area contributed by atoms with Gasteiger partial charge in [0.1, 0.15) is 12.4 Å². The van der Waals surface area contributed by atoms with Crippen LogP contribution in [0.4, 0.5) is 0 Å². The van der Waals surface area contributed by atoms with E-state index >= 15 is 0 Å². The number of hydrogen-bond acceptors (Lipinski definition) is 5. The minimum Gasteiger partial charge on any atom is -0.489 e. The quantitative estimate of drug-likeness (QED) is 0.385. The first-order valence-electron chi connectivity index (χ1n) is 9.41. The van der Waals surface area contributed by atoms with Crippen LogP contribution in [0.3, 0.4) is 0 Å². The van der Waals surface area contributed by atoms with Crippen molar-refractivity contribution in [1.82, 2.24) is 10.7 Å². The Morgan fingerprint density at radius 2 is 2.03 bits per heavy atom. The van der Waals surface area contributed by atoms with E-state index in [2.05, 4.69) is 15.8 Å². The van der Waals surface area contributed by atoms with Crippen LogP contribution in [0.25, 0.3) is 0 Å². The Hall–Kier alpha value is -2.61. The van der Waals surface area contributed by atoms with Gasteiger partial charge in [0.25, 0.3) is 0 Å². The highest BCUT2D eigenvalue weighted by Crippen LogP contribution is 2.23. The van der Waals surface area contributed by atoms with Crippen LogP contribution in [-0.4, -0.2) is 37.3 Å². The first-order chi connectivity index (χ1) is 14.5. The van der Waals surface area contributed by atoms with Crippen molar-refractivity contribution in [3.63, 3.8) is 0 Å². The van der Waals surface area contributed by atoms with Crippen molar-refractivity contribution in [1.29, 1.82) is 0 Å². The summed E-state index contributed by atoms with van der Waals surface area (Å²) in [7, 11) is 0. The Kier molecular flexibility index (Phi) is 8.07. The summed E-state index contributed by atoms with van der Waals surface area (Å²) >= 11 is 11.9. The molecule has 0 unspecified atom stereocenters. The molecule has 2 amide bonds. The van der Waals surface area contributed by atoms with Gasteiger partial charge >= 0.3 is 11.8 Å². The lowest BCUT2D eigenvalue weighted by Gasteiger charge is -2.09. The van der Waals surface area contributed by atoms with Crippen LogP contribution in [0, 0.1) is 0 Å². The fourth-order valence-corrected chi connectivity index (χ4v) is 3.11. The molecule has 1 aliphatic rings. The number of nitrogens with one attached hydrogen (secondary N) is 2. The molecular formula is C21H21Cl2N3O4. The lowest BCUT2D eigenvalue weighted by molar-refractivity contribution is -0.139. The Labute approximate surface area is 184 Å². The molecule has 158 valence electrons. The highest BCUT2D eigenvalue weighted by atomic mass is 35.5. The van der Waals surface area contributed by atoms with E-state index in [0.29, 0.717) is 41.1 Å². The van der Waals surface area contributed by atoms with Crippen LogP contribution in [-0.2, 0) is 20.9 Å². The van der Waals surface area contributed by atoms with Crippen molar-refractivity contribution >= 4 is 41.2 Å². The van der Waals surface area contributed by atoms with Gasteiger partial charge in [-0.3, -0.25) is 9.59 Å². The van der Waals surface area contributed by atoms with Crippen LogP contribution in [0.1, 0.15) is 24.0 Å². The molecule has 0 bridgehead atoms. The van der Waals surface area contributed by atoms with E-state index in [9.17, 15) is 9.59 Å². The van der Waals surface area contributed by atoms with Crippen molar-refractivity contribution in [2.24, 2.45) is 5.10 Å². The summed E-state index contributed by atoms with van der Waals surface area (Å²) < 4.78 is 11.1. The van der Waals surface area contributed by atoms with Gasteiger partial charge in [0.15, 0.2) is 0 Å². The predicted octanol–water partition coefficient (Wildman–Crippen LogP) is 3.32. The smallest absolute Gasteiger partial charge is 0.329 e. The largest absolute Gasteiger partial charge is 0.489 e. The number of carbonyl (C=O) groups excluding carboxylic acids is 2. The number of halogens is 2. The van der Waals surface area contributed by atoms with E-state index in [1.807, 2.05) is 6.07 Å². The Balaban J connectivity index is 1.46. The molecule has 0 spiro atoms. The zero-order chi connectivity index (χ0) is 21.3. The van der Waals surface area contributed by atoms with Gasteiger partial charge < -0.3 is 14.8 Å². The number of ether oxygens (including phenoxy) is 2. The summed E-state index contributed by atoms with van der Waals surface area (Å²) in [6.45, 7) is 1.32. The minimum atomic E-state index is -0.837. The summed E-state index contributed by atoms with van der Waals surface area (Å²) in [6.07, 6.45) is 3.24. The molecule has 0 saturated carbocycles. The third-order valence-electron chi connectivity index (χ3n) is 4.35. The third kappa shape index (κ3) is 6.73. The zero-order valence-corrected chi connectivity index (χ0v) is 17.6. The van der Waals surface area contributed by atoms with Crippen LogP contribution in [0.2, 0.25) is 10.0 Å². The average Bonchev–Trinajstić information content (AvgIpc) is 3.27. The Morgan fingerprint density at radius 3 is 2.80 bits per heavy atom. The number of hydrogen-bond donors (Lipinski definition) is 2. The van der Waals surface area contributed by atoms with Gasteiger partial charge in [-0.1, -0.05) is 41.4 Å². The zero-order valence-electron chi connectivity index (χ0n) is 16.1. The second-order valence-electron chi connectivity index (χ2n) is 6.65. The van der Waals surface area contributed by atoms with Gasteiger partial charge in [0.05, 0.1) is 22.4 Å². The molecule has 2 aromatic carbocycles. The lowest BCUT2D eigenvalue weighted by atomic mass is 10.2. The van der Waals surface area contributed by atoms with E-state index in [4.69, 9.17) is 32.7 Å². The number of hydrazone groups is 1.